The van der Waals surface area contributed by atoms with Crippen molar-refractivity contribution in [2.24, 2.45) is 5.92 Å². The minimum atomic E-state index is -4.41. The van der Waals surface area contributed by atoms with Crippen LogP contribution in [-0.2, 0) is 4.79 Å². The van der Waals surface area contributed by atoms with Crippen LogP contribution in [0.4, 0.5) is 19.1 Å². The summed E-state index contributed by atoms with van der Waals surface area (Å²) in [6.45, 7) is 1.18. The van der Waals surface area contributed by atoms with Gasteiger partial charge in [0.05, 0.1) is 6.42 Å². The van der Waals surface area contributed by atoms with E-state index in [0.717, 1.165) is 11.0 Å². The highest BCUT2D eigenvalue weighted by Gasteiger charge is 2.33. The Morgan fingerprint density at radius 1 is 1.33 bits per heavy atom. The molecule has 0 aliphatic heterocycles. The lowest BCUT2D eigenvalue weighted by molar-refractivity contribution is -0.150. The van der Waals surface area contributed by atoms with Gasteiger partial charge in [-0.3, -0.25) is 10.1 Å². The van der Waals surface area contributed by atoms with Crippen LogP contribution in [0.2, 0.25) is 0 Å². The summed E-state index contributed by atoms with van der Waals surface area (Å²) in [5, 5.41) is 6.10. The van der Waals surface area contributed by atoms with Crippen LogP contribution in [0.25, 0.3) is 5.95 Å². The van der Waals surface area contributed by atoms with E-state index in [1.165, 1.54) is 19.3 Å². The number of carbonyl (C=O) groups is 1. The number of anilines is 1. The Labute approximate surface area is 117 Å². The minimum Gasteiger partial charge on any atom is -0.294 e. The maximum Gasteiger partial charge on any atom is 0.389 e. The number of hydrogen-bond donors (Lipinski definition) is 1. The third-order valence-electron chi connectivity index (χ3n) is 2.51. The molecule has 21 heavy (non-hydrogen) atoms. The fourth-order valence-corrected chi connectivity index (χ4v) is 1.55. The summed E-state index contributed by atoms with van der Waals surface area (Å²) in [6.07, 6.45) is -1.56. The van der Waals surface area contributed by atoms with Gasteiger partial charge in [0.1, 0.15) is 6.33 Å². The van der Waals surface area contributed by atoms with Crippen LogP contribution in [0.3, 0.4) is 0 Å². The zero-order valence-corrected chi connectivity index (χ0v) is 10.9. The third-order valence-corrected chi connectivity index (χ3v) is 2.51. The molecule has 0 aromatic carbocycles. The molecule has 0 radical (unpaired) electrons. The van der Waals surface area contributed by atoms with E-state index in [9.17, 15) is 18.0 Å². The SMILES string of the molecule is CC(CC(F)(F)F)C(=O)Nc1ncnn1-c1ncccn1. The number of alkyl halides is 3. The van der Waals surface area contributed by atoms with Gasteiger partial charge < -0.3 is 0 Å². The first-order chi connectivity index (χ1) is 9.87. The fraction of sp³-hybridized carbons (Fsp3) is 0.364. The topological polar surface area (TPSA) is 85.6 Å². The van der Waals surface area contributed by atoms with Gasteiger partial charge in [-0.05, 0) is 6.07 Å². The van der Waals surface area contributed by atoms with E-state index in [-0.39, 0.29) is 11.9 Å². The first-order valence-corrected chi connectivity index (χ1v) is 5.92. The van der Waals surface area contributed by atoms with Crippen LogP contribution in [-0.4, -0.2) is 36.8 Å². The summed E-state index contributed by atoms with van der Waals surface area (Å²) in [5.74, 6) is -1.95. The molecule has 0 bridgehead atoms. The summed E-state index contributed by atoms with van der Waals surface area (Å²) in [6, 6.07) is 1.59. The highest BCUT2D eigenvalue weighted by atomic mass is 19.4. The maximum absolute atomic E-state index is 12.3. The molecule has 0 spiro atoms. The number of nitrogens with zero attached hydrogens (tertiary/aromatic N) is 5. The van der Waals surface area contributed by atoms with Crippen LogP contribution in [0.5, 0.6) is 0 Å². The quantitative estimate of drug-likeness (QED) is 0.926. The van der Waals surface area contributed by atoms with Gasteiger partial charge in [0, 0.05) is 18.3 Å². The molecule has 112 valence electrons. The van der Waals surface area contributed by atoms with Crippen LogP contribution < -0.4 is 5.32 Å². The lowest BCUT2D eigenvalue weighted by Crippen LogP contribution is -2.27. The minimum absolute atomic E-state index is 0.0415. The summed E-state index contributed by atoms with van der Waals surface area (Å²) in [5.41, 5.74) is 0. The number of halogens is 3. The summed E-state index contributed by atoms with van der Waals surface area (Å²) in [7, 11) is 0. The molecule has 10 heteroatoms. The lowest BCUT2D eigenvalue weighted by Gasteiger charge is -2.13. The Morgan fingerprint density at radius 2 is 2.00 bits per heavy atom. The second kappa shape index (κ2) is 5.85. The van der Waals surface area contributed by atoms with Crippen molar-refractivity contribution in [3.05, 3.63) is 24.8 Å². The predicted molar refractivity (Wildman–Crippen MR) is 65.4 cm³/mol. The fourth-order valence-electron chi connectivity index (χ4n) is 1.55. The average molecular weight is 300 g/mol. The number of rotatable bonds is 4. The maximum atomic E-state index is 12.3. The molecule has 0 saturated carbocycles. The second-order valence-corrected chi connectivity index (χ2v) is 4.25. The molecular weight excluding hydrogens is 289 g/mol. The van der Waals surface area contributed by atoms with Crippen molar-refractivity contribution in [1.29, 1.82) is 0 Å². The number of nitrogens with one attached hydrogen (secondary N) is 1. The standard InChI is InChI=1S/C11H11F3N6O/c1-7(5-11(12,13)14)8(21)19-10-17-6-18-20(10)9-15-3-2-4-16-9/h2-4,6-7H,5H2,1H3,(H,17,18,19,21). The Bertz CT molecular complexity index is 612. The average Bonchev–Trinajstić information content (AvgIpc) is 2.86. The van der Waals surface area contributed by atoms with Crippen molar-refractivity contribution < 1.29 is 18.0 Å². The van der Waals surface area contributed by atoms with Crippen LogP contribution in [0, 0.1) is 5.92 Å². The molecule has 1 unspecified atom stereocenters. The van der Waals surface area contributed by atoms with Gasteiger partial charge in [-0.2, -0.15) is 27.9 Å². The van der Waals surface area contributed by atoms with Gasteiger partial charge >= 0.3 is 6.18 Å². The van der Waals surface area contributed by atoms with Crippen molar-refractivity contribution in [1.82, 2.24) is 24.7 Å². The predicted octanol–water partition coefficient (Wildman–Crippen LogP) is 1.58. The third kappa shape index (κ3) is 3.97. The zero-order chi connectivity index (χ0) is 15.5. The van der Waals surface area contributed by atoms with Crippen molar-refractivity contribution >= 4 is 11.9 Å². The van der Waals surface area contributed by atoms with E-state index in [1.807, 2.05) is 0 Å². The first kappa shape index (κ1) is 14.9. The molecule has 2 rings (SSSR count). The van der Waals surface area contributed by atoms with Crippen LogP contribution in [0.1, 0.15) is 13.3 Å². The lowest BCUT2D eigenvalue weighted by atomic mass is 10.1. The van der Waals surface area contributed by atoms with Gasteiger partial charge in [-0.1, -0.05) is 6.92 Å². The number of aromatic nitrogens is 5. The molecule has 1 atom stereocenters. The largest absolute Gasteiger partial charge is 0.389 e. The molecule has 7 nitrogen and oxygen atoms in total. The molecular formula is C11H11F3N6O. The van der Waals surface area contributed by atoms with Crippen molar-refractivity contribution in [2.45, 2.75) is 19.5 Å². The Morgan fingerprint density at radius 3 is 2.62 bits per heavy atom. The summed E-state index contributed by atoms with van der Waals surface area (Å²) in [4.78, 5) is 23.3. The monoisotopic (exact) mass is 300 g/mol. The van der Waals surface area contributed by atoms with Crippen molar-refractivity contribution in [2.75, 3.05) is 5.32 Å². The molecule has 2 aromatic rings. The normalized spacial score (nSPS) is 13.0. The number of hydrogen-bond acceptors (Lipinski definition) is 5. The van der Waals surface area contributed by atoms with Gasteiger partial charge in [0.15, 0.2) is 0 Å². The second-order valence-electron chi connectivity index (χ2n) is 4.25. The highest BCUT2D eigenvalue weighted by Crippen LogP contribution is 2.25. The van der Waals surface area contributed by atoms with Crippen molar-refractivity contribution in [3.8, 4) is 5.95 Å². The van der Waals surface area contributed by atoms with E-state index in [1.54, 1.807) is 6.07 Å². The van der Waals surface area contributed by atoms with Crippen molar-refractivity contribution in [3.63, 3.8) is 0 Å². The summed E-state index contributed by atoms with van der Waals surface area (Å²) < 4.78 is 37.9. The van der Waals surface area contributed by atoms with Gasteiger partial charge in [0.2, 0.25) is 11.9 Å². The molecule has 1 N–H and O–H groups in total. The highest BCUT2D eigenvalue weighted by molar-refractivity contribution is 5.90. The van der Waals surface area contributed by atoms with Gasteiger partial charge in [-0.15, -0.1) is 0 Å². The zero-order valence-electron chi connectivity index (χ0n) is 10.9. The first-order valence-electron chi connectivity index (χ1n) is 5.92. The molecule has 1 amide bonds. The molecule has 0 aliphatic rings. The van der Waals surface area contributed by atoms with E-state index < -0.39 is 24.4 Å². The Balaban J connectivity index is 2.11. The van der Waals surface area contributed by atoms with Crippen LogP contribution >= 0.6 is 0 Å². The molecule has 0 aliphatic carbocycles. The Kier molecular flexibility index (Phi) is 4.15. The van der Waals surface area contributed by atoms with E-state index in [0.29, 0.717) is 0 Å². The summed E-state index contributed by atoms with van der Waals surface area (Å²) >= 11 is 0. The Hall–Kier alpha value is -2.52. The van der Waals surface area contributed by atoms with Gasteiger partial charge in [0.25, 0.3) is 5.95 Å². The molecule has 0 fully saturated rings. The molecule has 2 heterocycles. The number of amides is 1. The van der Waals surface area contributed by atoms with E-state index >= 15 is 0 Å². The van der Waals surface area contributed by atoms with Crippen LogP contribution in [0.15, 0.2) is 24.8 Å². The smallest absolute Gasteiger partial charge is 0.294 e. The molecule has 2 aromatic heterocycles. The van der Waals surface area contributed by atoms with E-state index in [2.05, 4.69) is 25.4 Å². The van der Waals surface area contributed by atoms with E-state index in [4.69, 9.17) is 0 Å². The molecule has 0 saturated heterocycles. The number of carbonyl (C=O) groups excluding carboxylic acids is 1. The van der Waals surface area contributed by atoms with Gasteiger partial charge in [-0.25, -0.2) is 9.97 Å².